The number of nitrogens with zero attached hydrogens (tertiary/aromatic N) is 2. The summed E-state index contributed by atoms with van der Waals surface area (Å²) in [6.07, 6.45) is 5.34. The summed E-state index contributed by atoms with van der Waals surface area (Å²) in [4.78, 5) is 19.6. The van der Waals surface area contributed by atoms with Gasteiger partial charge in [-0.25, -0.2) is 4.98 Å². The number of anilines is 2. The summed E-state index contributed by atoms with van der Waals surface area (Å²) >= 11 is 0. The largest absolute Gasteiger partial charge is 0.356 e. The Kier molecular flexibility index (Phi) is 5.07. The minimum atomic E-state index is -0.0975. The van der Waals surface area contributed by atoms with Crippen LogP contribution in [0.4, 0.5) is 11.5 Å². The van der Waals surface area contributed by atoms with Crippen LogP contribution in [0, 0.1) is 0 Å². The maximum Gasteiger partial charge on any atom is 0.259 e. The molecule has 0 spiro atoms. The Morgan fingerprint density at radius 1 is 1.08 bits per heavy atom. The molecular formula is C21H27N3O. The van der Waals surface area contributed by atoms with E-state index in [0.29, 0.717) is 5.56 Å². The van der Waals surface area contributed by atoms with Crippen LogP contribution in [0.25, 0.3) is 0 Å². The zero-order chi connectivity index (χ0) is 17.9. The molecule has 1 aliphatic rings. The fourth-order valence-corrected chi connectivity index (χ4v) is 3.19. The number of hydrogen-bond acceptors (Lipinski definition) is 3. The molecule has 0 unspecified atom stereocenters. The Hall–Kier alpha value is -2.36. The molecular weight excluding hydrogens is 310 g/mol. The van der Waals surface area contributed by atoms with Crippen molar-refractivity contribution in [1.29, 1.82) is 0 Å². The van der Waals surface area contributed by atoms with E-state index in [1.807, 2.05) is 24.3 Å². The first-order valence-corrected chi connectivity index (χ1v) is 9.07. The van der Waals surface area contributed by atoms with E-state index >= 15 is 0 Å². The van der Waals surface area contributed by atoms with Crippen LogP contribution in [0.2, 0.25) is 0 Å². The standard InChI is InChI=1S/C21H27N3O/c1-21(2,3)16-9-7-10-17(15-16)23-20(25)18-11-8-12-22-19(18)24-13-5-4-6-14-24/h7-12,15H,4-6,13-14H2,1-3H3,(H,23,25). The molecule has 4 nitrogen and oxygen atoms in total. The summed E-state index contributed by atoms with van der Waals surface area (Å²) < 4.78 is 0. The maximum absolute atomic E-state index is 12.9. The van der Waals surface area contributed by atoms with Gasteiger partial charge in [0.15, 0.2) is 0 Å². The molecule has 1 N–H and O–H groups in total. The molecule has 0 radical (unpaired) electrons. The lowest BCUT2D eigenvalue weighted by Gasteiger charge is -2.29. The highest BCUT2D eigenvalue weighted by molar-refractivity contribution is 6.07. The van der Waals surface area contributed by atoms with E-state index in [1.54, 1.807) is 6.20 Å². The van der Waals surface area contributed by atoms with Crippen molar-refractivity contribution in [3.63, 3.8) is 0 Å². The molecule has 0 bridgehead atoms. The lowest BCUT2D eigenvalue weighted by Crippen LogP contribution is -2.32. The number of hydrogen-bond donors (Lipinski definition) is 1. The number of piperidine rings is 1. The zero-order valence-electron chi connectivity index (χ0n) is 15.4. The van der Waals surface area contributed by atoms with Gasteiger partial charge in [0.25, 0.3) is 5.91 Å². The predicted octanol–water partition coefficient (Wildman–Crippen LogP) is 4.62. The van der Waals surface area contributed by atoms with Gasteiger partial charge in [-0.3, -0.25) is 4.79 Å². The van der Waals surface area contributed by atoms with Crippen molar-refractivity contribution >= 4 is 17.4 Å². The Bertz CT molecular complexity index is 743. The van der Waals surface area contributed by atoms with E-state index in [9.17, 15) is 4.79 Å². The smallest absolute Gasteiger partial charge is 0.259 e. The minimum absolute atomic E-state index is 0.0496. The van der Waals surface area contributed by atoms with Crippen molar-refractivity contribution in [2.24, 2.45) is 0 Å². The molecule has 2 aromatic rings. The average Bonchev–Trinajstić information content (AvgIpc) is 2.62. The summed E-state index contributed by atoms with van der Waals surface area (Å²) in [5, 5.41) is 3.04. The number of benzene rings is 1. The minimum Gasteiger partial charge on any atom is -0.356 e. The predicted molar refractivity (Wildman–Crippen MR) is 103 cm³/mol. The summed E-state index contributed by atoms with van der Waals surface area (Å²) in [7, 11) is 0. The topological polar surface area (TPSA) is 45.2 Å². The van der Waals surface area contributed by atoms with Gasteiger partial charge in [0.1, 0.15) is 5.82 Å². The summed E-state index contributed by atoms with van der Waals surface area (Å²) in [5.74, 6) is 0.700. The van der Waals surface area contributed by atoms with E-state index in [0.717, 1.165) is 37.4 Å². The first kappa shape index (κ1) is 17.5. The lowest BCUT2D eigenvalue weighted by molar-refractivity contribution is 0.102. The van der Waals surface area contributed by atoms with Gasteiger partial charge in [-0.05, 0) is 54.5 Å². The number of aromatic nitrogens is 1. The fraction of sp³-hybridized carbons (Fsp3) is 0.429. The van der Waals surface area contributed by atoms with Gasteiger partial charge in [0, 0.05) is 25.0 Å². The third-order valence-corrected chi connectivity index (χ3v) is 4.67. The average molecular weight is 337 g/mol. The van der Waals surface area contributed by atoms with E-state index in [4.69, 9.17) is 0 Å². The second-order valence-corrected chi connectivity index (χ2v) is 7.71. The van der Waals surface area contributed by atoms with Gasteiger partial charge in [0.2, 0.25) is 0 Å². The highest BCUT2D eigenvalue weighted by atomic mass is 16.1. The van der Waals surface area contributed by atoms with Crippen LogP contribution >= 0.6 is 0 Å². The second kappa shape index (κ2) is 7.26. The van der Waals surface area contributed by atoms with Crippen LogP contribution < -0.4 is 10.2 Å². The molecule has 4 heteroatoms. The summed E-state index contributed by atoms with van der Waals surface area (Å²) in [6.45, 7) is 8.45. The van der Waals surface area contributed by atoms with E-state index < -0.39 is 0 Å². The number of carbonyl (C=O) groups excluding carboxylic acids is 1. The monoisotopic (exact) mass is 337 g/mol. The molecule has 2 heterocycles. The molecule has 1 amide bonds. The Morgan fingerprint density at radius 2 is 1.84 bits per heavy atom. The van der Waals surface area contributed by atoms with Crippen molar-refractivity contribution in [3.8, 4) is 0 Å². The van der Waals surface area contributed by atoms with Crippen molar-refractivity contribution in [3.05, 3.63) is 53.7 Å². The number of amides is 1. The van der Waals surface area contributed by atoms with Crippen LogP contribution in [-0.2, 0) is 5.41 Å². The Balaban J connectivity index is 1.82. The van der Waals surface area contributed by atoms with Crippen molar-refractivity contribution in [2.75, 3.05) is 23.3 Å². The third-order valence-electron chi connectivity index (χ3n) is 4.67. The molecule has 1 aliphatic heterocycles. The molecule has 1 aromatic carbocycles. The van der Waals surface area contributed by atoms with Crippen LogP contribution in [0.15, 0.2) is 42.6 Å². The van der Waals surface area contributed by atoms with Crippen LogP contribution in [0.5, 0.6) is 0 Å². The normalized spacial score (nSPS) is 15.1. The molecule has 1 saturated heterocycles. The highest BCUT2D eigenvalue weighted by Gasteiger charge is 2.20. The molecule has 0 atom stereocenters. The van der Waals surface area contributed by atoms with Crippen molar-refractivity contribution in [2.45, 2.75) is 45.4 Å². The molecule has 0 aliphatic carbocycles. The molecule has 1 aromatic heterocycles. The van der Waals surface area contributed by atoms with Crippen molar-refractivity contribution in [1.82, 2.24) is 4.98 Å². The SMILES string of the molecule is CC(C)(C)c1cccc(NC(=O)c2cccnc2N2CCCCC2)c1. The molecule has 25 heavy (non-hydrogen) atoms. The second-order valence-electron chi connectivity index (χ2n) is 7.71. The van der Waals surface area contributed by atoms with Gasteiger partial charge in [-0.1, -0.05) is 32.9 Å². The molecule has 1 fully saturated rings. The first-order chi connectivity index (χ1) is 11.9. The number of rotatable bonds is 3. The van der Waals surface area contributed by atoms with Crippen LogP contribution in [-0.4, -0.2) is 24.0 Å². The van der Waals surface area contributed by atoms with Crippen LogP contribution in [0.1, 0.15) is 56.0 Å². The third kappa shape index (κ3) is 4.19. The van der Waals surface area contributed by atoms with Crippen LogP contribution in [0.3, 0.4) is 0 Å². The van der Waals surface area contributed by atoms with Gasteiger partial charge in [-0.15, -0.1) is 0 Å². The number of pyridine rings is 1. The molecule has 3 rings (SSSR count). The van der Waals surface area contributed by atoms with Gasteiger partial charge in [0.05, 0.1) is 5.56 Å². The van der Waals surface area contributed by atoms with Crippen molar-refractivity contribution < 1.29 is 4.79 Å². The van der Waals surface area contributed by atoms with E-state index in [-0.39, 0.29) is 11.3 Å². The quantitative estimate of drug-likeness (QED) is 0.889. The van der Waals surface area contributed by atoms with Gasteiger partial charge in [-0.2, -0.15) is 0 Å². The lowest BCUT2D eigenvalue weighted by atomic mass is 9.87. The molecule has 0 saturated carbocycles. The maximum atomic E-state index is 12.9. The summed E-state index contributed by atoms with van der Waals surface area (Å²) in [5.41, 5.74) is 2.72. The van der Waals surface area contributed by atoms with E-state index in [1.165, 1.54) is 12.0 Å². The van der Waals surface area contributed by atoms with E-state index in [2.05, 4.69) is 48.1 Å². The number of carbonyl (C=O) groups is 1. The summed E-state index contributed by atoms with van der Waals surface area (Å²) in [6, 6.07) is 11.8. The molecule has 132 valence electrons. The van der Waals surface area contributed by atoms with Gasteiger partial charge >= 0.3 is 0 Å². The number of nitrogens with one attached hydrogen (secondary N) is 1. The fourth-order valence-electron chi connectivity index (χ4n) is 3.19. The highest BCUT2D eigenvalue weighted by Crippen LogP contribution is 2.26. The van der Waals surface area contributed by atoms with Gasteiger partial charge < -0.3 is 10.2 Å². The Morgan fingerprint density at radius 3 is 2.56 bits per heavy atom. The zero-order valence-corrected chi connectivity index (χ0v) is 15.4. The first-order valence-electron chi connectivity index (χ1n) is 9.07. The Labute approximate surface area is 150 Å².